The largest absolute Gasteiger partial charge is 0.378 e. The standard InChI is InChI=1S/C21H19N5O/c1-26(2)17-9-4-7-15(13-17)14-6-3-8-16(12-14)23-20-18-10-5-11-22-19(18)24-21(27)25-20/h3-13H,1-2H3,(H2,22,23,24,25,27). The van der Waals surface area contributed by atoms with Gasteiger partial charge in [0.2, 0.25) is 0 Å². The Morgan fingerprint density at radius 1 is 0.963 bits per heavy atom. The number of anilines is 3. The van der Waals surface area contributed by atoms with E-state index in [0.717, 1.165) is 27.9 Å². The number of hydrogen-bond donors (Lipinski definition) is 2. The van der Waals surface area contributed by atoms with Gasteiger partial charge in [0, 0.05) is 31.7 Å². The fraction of sp³-hybridized carbons (Fsp3) is 0.0952. The van der Waals surface area contributed by atoms with Crippen molar-refractivity contribution >= 4 is 28.2 Å². The van der Waals surface area contributed by atoms with Crippen molar-refractivity contribution in [1.29, 1.82) is 0 Å². The minimum atomic E-state index is -0.432. The molecule has 2 N–H and O–H groups in total. The first kappa shape index (κ1) is 16.8. The van der Waals surface area contributed by atoms with Gasteiger partial charge in [-0.3, -0.25) is 4.98 Å². The van der Waals surface area contributed by atoms with Gasteiger partial charge in [0.1, 0.15) is 5.82 Å². The third-order valence-electron chi connectivity index (χ3n) is 4.32. The Kier molecular flexibility index (Phi) is 4.30. The summed E-state index contributed by atoms with van der Waals surface area (Å²) in [4.78, 5) is 24.7. The van der Waals surface area contributed by atoms with E-state index in [1.165, 1.54) is 0 Å². The van der Waals surface area contributed by atoms with Crippen molar-refractivity contribution in [2.45, 2.75) is 0 Å². The Morgan fingerprint density at radius 3 is 2.56 bits per heavy atom. The van der Waals surface area contributed by atoms with Crippen LogP contribution >= 0.6 is 0 Å². The van der Waals surface area contributed by atoms with E-state index in [9.17, 15) is 4.79 Å². The molecule has 2 aromatic heterocycles. The number of hydrogen-bond acceptors (Lipinski definition) is 5. The molecule has 0 unspecified atom stereocenters. The summed E-state index contributed by atoms with van der Waals surface area (Å²) in [6.07, 6.45) is 1.62. The van der Waals surface area contributed by atoms with Crippen LogP contribution in [0.5, 0.6) is 0 Å². The molecule has 6 heteroatoms. The average molecular weight is 357 g/mol. The fourth-order valence-corrected chi connectivity index (χ4v) is 2.96. The Hall–Kier alpha value is -3.67. The summed E-state index contributed by atoms with van der Waals surface area (Å²) < 4.78 is 0. The molecule has 0 aliphatic carbocycles. The minimum Gasteiger partial charge on any atom is -0.378 e. The highest BCUT2D eigenvalue weighted by molar-refractivity contribution is 5.88. The number of nitrogens with zero attached hydrogens (tertiary/aromatic N) is 3. The van der Waals surface area contributed by atoms with Gasteiger partial charge in [0.05, 0.1) is 5.39 Å². The van der Waals surface area contributed by atoms with Crippen molar-refractivity contribution in [2.24, 2.45) is 0 Å². The van der Waals surface area contributed by atoms with E-state index in [0.29, 0.717) is 11.5 Å². The van der Waals surface area contributed by atoms with Gasteiger partial charge in [-0.2, -0.15) is 4.98 Å². The van der Waals surface area contributed by atoms with Crippen LogP contribution in [0.4, 0.5) is 17.2 Å². The first-order valence-electron chi connectivity index (χ1n) is 8.60. The van der Waals surface area contributed by atoms with Gasteiger partial charge in [-0.25, -0.2) is 9.78 Å². The van der Waals surface area contributed by atoms with Crippen LogP contribution in [-0.2, 0) is 0 Å². The van der Waals surface area contributed by atoms with Crippen molar-refractivity contribution in [1.82, 2.24) is 15.0 Å². The zero-order valence-electron chi connectivity index (χ0n) is 15.1. The summed E-state index contributed by atoms with van der Waals surface area (Å²) in [5.74, 6) is 0.581. The molecule has 0 fully saturated rings. The number of aromatic amines is 1. The quantitative estimate of drug-likeness (QED) is 0.581. The molecule has 0 saturated carbocycles. The monoisotopic (exact) mass is 357 g/mol. The number of benzene rings is 2. The van der Waals surface area contributed by atoms with Crippen LogP contribution in [0.25, 0.3) is 22.2 Å². The van der Waals surface area contributed by atoms with Crippen LogP contribution in [0.15, 0.2) is 71.7 Å². The van der Waals surface area contributed by atoms with E-state index in [-0.39, 0.29) is 0 Å². The van der Waals surface area contributed by atoms with Gasteiger partial charge in [-0.15, -0.1) is 0 Å². The molecule has 0 radical (unpaired) electrons. The van der Waals surface area contributed by atoms with Crippen molar-refractivity contribution in [3.8, 4) is 11.1 Å². The molecule has 134 valence electrons. The normalized spacial score (nSPS) is 10.7. The molecular formula is C21H19N5O. The zero-order chi connectivity index (χ0) is 18.8. The second kappa shape index (κ2) is 6.92. The number of pyridine rings is 1. The second-order valence-corrected chi connectivity index (χ2v) is 6.44. The van der Waals surface area contributed by atoms with E-state index in [1.807, 2.05) is 44.4 Å². The molecule has 0 bridgehead atoms. The maximum Gasteiger partial charge on any atom is 0.348 e. The Labute approximate surface area is 156 Å². The summed E-state index contributed by atoms with van der Waals surface area (Å²) in [5, 5.41) is 4.05. The second-order valence-electron chi connectivity index (χ2n) is 6.44. The molecule has 6 nitrogen and oxygen atoms in total. The lowest BCUT2D eigenvalue weighted by molar-refractivity contribution is 1.10. The molecule has 4 aromatic rings. The van der Waals surface area contributed by atoms with Crippen LogP contribution in [0, 0.1) is 0 Å². The summed E-state index contributed by atoms with van der Waals surface area (Å²) in [6.45, 7) is 0. The van der Waals surface area contributed by atoms with Crippen LogP contribution in [0.1, 0.15) is 0 Å². The lowest BCUT2D eigenvalue weighted by Gasteiger charge is -2.14. The number of fused-ring (bicyclic) bond motifs is 1. The van der Waals surface area contributed by atoms with Crippen LogP contribution in [0.2, 0.25) is 0 Å². The predicted molar refractivity (Wildman–Crippen MR) is 110 cm³/mol. The summed E-state index contributed by atoms with van der Waals surface area (Å²) in [5.41, 5.74) is 4.20. The lowest BCUT2D eigenvalue weighted by atomic mass is 10.0. The Balaban J connectivity index is 1.72. The molecule has 0 aliphatic heterocycles. The molecule has 0 aliphatic rings. The van der Waals surface area contributed by atoms with Crippen molar-refractivity contribution in [3.63, 3.8) is 0 Å². The van der Waals surface area contributed by atoms with Crippen molar-refractivity contribution in [3.05, 3.63) is 77.3 Å². The first-order valence-corrected chi connectivity index (χ1v) is 8.60. The van der Waals surface area contributed by atoms with Crippen molar-refractivity contribution < 1.29 is 0 Å². The third kappa shape index (κ3) is 3.50. The fourth-order valence-electron chi connectivity index (χ4n) is 2.96. The average Bonchev–Trinajstić information content (AvgIpc) is 2.68. The molecule has 4 rings (SSSR count). The smallest absolute Gasteiger partial charge is 0.348 e. The van der Waals surface area contributed by atoms with Crippen LogP contribution in [0.3, 0.4) is 0 Å². The molecular weight excluding hydrogens is 338 g/mol. The first-order chi connectivity index (χ1) is 13.1. The topological polar surface area (TPSA) is 73.9 Å². The SMILES string of the molecule is CN(C)c1cccc(-c2cccc(Nc3[nH]c(=O)nc4ncccc34)c2)c1. The maximum absolute atomic E-state index is 11.8. The third-order valence-corrected chi connectivity index (χ3v) is 4.32. The molecule has 27 heavy (non-hydrogen) atoms. The molecule has 0 atom stereocenters. The summed E-state index contributed by atoms with van der Waals surface area (Å²) in [7, 11) is 4.05. The van der Waals surface area contributed by atoms with Crippen LogP contribution < -0.4 is 15.9 Å². The molecule has 0 amide bonds. The molecule has 0 spiro atoms. The van der Waals surface area contributed by atoms with E-state index < -0.39 is 5.69 Å². The Bertz CT molecular complexity index is 1170. The number of nitrogens with one attached hydrogen (secondary N) is 2. The van der Waals surface area contributed by atoms with Gasteiger partial charge in [-0.1, -0.05) is 24.3 Å². The highest BCUT2D eigenvalue weighted by Gasteiger charge is 2.07. The number of aromatic nitrogens is 3. The number of H-pyrrole nitrogens is 1. The molecule has 0 saturated heterocycles. The minimum absolute atomic E-state index is 0.415. The van der Waals surface area contributed by atoms with Gasteiger partial charge in [0.15, 0.2) is 5.65 Å². The maximum atomic E-state index is 11.8. The molecule has 2 aromatic carbocycles. The molecule has 2 heterocycles. The summed E-state index contributed by atoms with van der Waals surface area (Å²) in [6, 6.07) is 20.1. The van der Waals surface area contributed by atoms with Crippen molar-refractivity contribution in [2.75, 3.05) is 24.3 Å². The van der Waals surface area contributed by atoms with Gasteiger partial charge < -0.3 is 10.2 Å². The van der Waals surface area contributed by atoms with E-state index >= 15 is 0 Å². The number of rotatable bonds is 4. The predicted octanol–water partition coefficient (Wildman–Crippen LogP) is 3.79. The zero-order valence-corrected chi connectivity index (χ0v) is 15.1. The van der Waals surface area contributed by atoms with E-state index in [2.05, 4.69) is 55.5 Å². The van der Waals surface area contributed by atoms with Crippen LogP contribution in [-0.4, -0.2) is 29.0 Å². The summed E-state index contributed by atoms with van der Waals surface area (Å²) >= 11 is 0. The van der Waals surface area contributed by atoms with Gasteiger partial charge >= 0.3 is 5.69 Å². The van der Waals surface area contributed by atoms with Gasteiger partial charge in [0.25, 0.3) is 0 Å². The van der Waals surface area contributed by atoms with Gasteiger partial charge in [-0.05, 0) is 47.5 Å². The lowest BCUT2D eigenvalue weighted by Crippen LogP contribution is -2.13. The van der Waals surface area contributed by atoms with E-state index in [4.69, 9.17) is 0 Å². The van der Waals surface area contributed by atoms with E-state index in [1.54, 1.807) is 6.20 Å². The highest BCUT2D eigenvalue weighted by Crippen LogP contribution is 2.28. The highest BCUT2D eigenvalue weighted by atomic mass is 16.1. The Morgan fingerprint density at radius 2 is 1.74 bits per heavy atom.